The third-order valence-electron chi connectivity index (χ3n) is 3.51. The molecule has 0 fully saturated rings. The van der Waals surface area contributed by atoms with Crippen LogP contribution in [-0.4, -0.2) is 44.0 Å². The van der Waals surface area contributed by atoms with Crippen molar-refractivity contribution < 1.29 is 14.3 Å². The number of rotatable bonds is 4. The van der Waals surface area contributed by atoms with Crippen LogP contribution in [0.5, 0.6) is 0 Å². The van der Waals surface area contributed by atoms with E-state index in [2.05, 4.69) is 25.3 Å². The number of nitrogens with one attached hydrogen (secondary N) is 3. The maximum Gasteiger partial charge on any atom is 0.331 e. The molecule has 9 heteroatoms. The molecule has 0 radical (unpaired) electrons. The lowest BCUT2D eigenvalue weighted by Crippen LogP contribution is -2.45. The zero-order valence-corrected chi connectivity index (χ0v) is 11.7. The second-order valence-electron chi connectivity index (χ2n) is 5.09. The number of fused-ring (bicyclic) bond motifs is 1. The van der Waals surface area contributed by atoms with E-state index in [0.29, 0.717) is 18.7 Å². The summed E-state index contributed by atoms with van der Waals surface area (Å²) in [5.41, 5.74) is 8.17. The van der Waals surface area contributed by atoms with Crippen LogP contribution in [0.3, 0.4) is 0 Å². The highest BCUT2D eigenvalue weighted by Crippen LogP contribution is 2.13. The van der Waals surface area contributed by atoms with Gasteiger partial charge in [0.15, 0.2) is 0 Å². The smallest absolute Gasteiger partial charge is 0.331 e. The summed E-state index contributed by atoms with van der Waals surface area (Å²) in [4.78, 5) is 37.7. The van der Waals surface area contributed by atoms with Gasteiger partial charge in [-0.15, -0.1) is 0 Å². The van der Waals surface area contributed by atoms with Gasteiger partial charge < -0.3 is 20.4 Å². The molecule has 0 spiro atoms. The Kier molecular flexibility index (Phi) is 3.98. The molecule has 0 saturated carbocycles. The van der Waals surface area contributed by atoms with Crippen LogP contribution in [0.25, 0.3) is 0 Å². The van der Waals surface area contributed by atoms with Crippen molar-refractivity contribution in [2.24, 2.45) is 5.73 Å². The first kappa shape index (κ1) is 14.4. The number of aromatic nitrogens is 4. The fourth-order valence-corrected chi connectivity index (χ4v) is 2.30. The number of hydrogen-bond acceptors (Lipinski definition) is 7. The van der Waals surface area contributed by atoms with Gasteiger partial charge in [0, 0.05) is 31.3 Å². The number of carbonyl (C=O) groups excluding carboxylic acids is 2. The second-order valence-corrected chi connectivity index (χ2v) is 5.09. The number of H-pyrrole nitrogens is 2. The number of nitrogens with two attached hydrogens (primary N) is 1. The molecular formula is C13H16N6O3. The predicted molar refractivity (Wildman–Crippen MR) is 74.3 cm³/mol. The van der Waals surface area contributed by atoms with Gasteiger partial charge >= 0.3 is 11.9 Å². The Morgan fingerprint density at radius 3 is 3.05 bits per heavy atom. The SMILES string of the molecule is N[C@@H](Cc1cnc[nH]1)C(=O)OC(=O)C1Cc2nc[nH]c2CN1. The van der Waals surface area contributed by atoms with Gasteiger partial charge in [0.05, 0.1) is 24.0 Å². The maximum absolute atomic E-state index is 12.0. The number of carbonyl (C=O) groups is 2. The molecule has 22 heavy (non-hydrogen) atoms. The van der Waals surface area contributed by atoms with Crippen molar-refractivity contribution in [1.82, 2.24) is 25.3 Å². The van der Waals surface area contributed by atoms with E-state index >= 15 is 0 Å². The second kappa shape index (κ2) is 6.08. The summed E-state index contributed by atoms with van der Waals surface area (Å²) in [5.74, 6) is -1.40. The molecule has 5 N–H and O–H groups in total. The zero-order chi connectivity index (χ0) is 15.5. The Morgan fingerprint density at radius 1 is 1.41 bits per heavy atom. The van der Waals surface area contributed by atoms with E-state index < -0.39 is 24.0 Å². The molecule has 2 aromatic heterocycles. The molecule has 116 valence electrons. The molecule has 2 atom stereocenters. The third kappa shape index (κ3) is 3.05. The largest absolute Gasteiger partial charge is 0.391 e. The Hall–Kier alpha value is -2.52. The minimum Gasteiger partial charge on any atom is -0.391 e. The molecule has 1 aliphatic rings. The summed E-state index contributed by atoms with van der Waals surface area (Å²) in [6.07, 6.45) is 5.24. The van der Waals surface area contributed by atoms with Crippen LogP contribution < -0.4 is 11.1 Å². The summed E-state index contributed by atoms with van der Waals surface area (Å²) in [6.45, 7) is 0.476. The zero-order valence-electron chi connectivity index (χ0n) is 11.7. The number of aromatic amines is 2. The Balaban J connectivity index is 1.54. The van der Waals surface area contributed by atoms with Crippen molar-refractivity contribution in [2.45, 2.75) is 31.5 Å². The fraction of sp³-hybridized carbons (Fsp3) is 0.385. The molecule has 2 aromatic rings. The molecule has 0 aliphatic carbocycles. The Labute approximate surface area is 125 Å². The highest BCUT2D eigenvalue weighted by molar-refractivity contribution is 5.91. The van der Waals surface area contributed by atoms with Crippen LogP contribution in [0.15, 0.2) is 18.9 Å². The highest BCUT2D eigenvalue weighted by Gasteiger charge is 2.30. The topological polar surface area (TPSA) is 139 Å². The molecule has 0 bridgehead atoms. The first-order chi connectivity index (χ1) is 10.6. The first-order valence-corrected chi connectivity index (χ1v) is 6.86. The van der Waals surface area contributed by atoms with Gasteiger partial charge in [-0.05, 0) is 0 Å². The van der Waals surface area contributed by atoms with Crippen molar-refractivity contribution >= 4 is 11.9 Å². The normalized spacial score (nSPS) is 18.5. The summed E-state index contributed by atoms with van der Waals surface area (Å²) in [6, 6.07) is -1.52. The quantitative estimate of drug-likeness (QED) is 0.410. The average Bonchev–Trinajstić information content (AvgIpc) is 3.16. The number of hydrogen-bond donors (Lipinski definition) is 4. The van der Waals surface area contributed by atoms with Gasteiger partial charge in [-0.3, -0.25) is 5.32 Å². The summed E-state index contributed by atoms with van der Waals surface area (Å²) in [7, 11) is 0. The third-order valence-corrected chi connectivity index (χ3v) is 3.51. The molecule has 0 saturated heterocycles. The Bertz CT molecular complexity index is 665. The number of esters is 2. The van der Waals surface area contributed by atoms with Crippen molar-refractivity contribution in [3.8, 4) is 0 Å². The van der Waals surface area contributed by atoms with E-state index in [9.17, 15) is 9.59 Å². The summed E-state index contributed by atoms with van der Waals surface area (Å²) >= 11 is 0. The first-order valence-electron chi connectivity index (χ1n) is 6.86. The molecule has 3 heterocycles. The van der Waals surface area contributed by atoms with Gasteiger partial charge in [0.1, 0.15) is 12.1 Å². The van der Waals surface area contributed by atoms with Crippen LogP contribution >= 0.6 is 0 Å². The minimum atomic E-state index is -0.922. The molecule has 0 amide bonds. The number of imidazole rings is 2. The van der Waals surface area contributed by atoms with Crippen molar-refractivity contribution in [1.29, 1.82) is 0 Å². The monoisotopic (exact) mass is 304 g/mol. The fourth-order valence-electron chi connectivity index (χ4n) is 2.30. The van der Waals surface area contributed by atoms with E-state index in [1.54, 1.807) is 12.5 Å². The van der Waals surface area contributed by atoms with Crippen molar-refractivity contribution in [2.75, 3.05) is 0 Å². The molecule has 0 aromatic carbocycles. The van der Waals surface area contributed by atoms with Crippen LogP contribution in [0.4, 0.5) is 0 Å². The summed E-state index contributed by atoms with van der Waals surface area (Å²) < 4.78 is 4.85. The Morgan fingerprint density at radius 2 is 2.27 bits per heavy atom. The standard InChI is InChI=1S/C13H16N6O3/c14-8(1-7-3-15-5-17-7)12(20)22-13(21)10-2-9-11(4-16-10)19-6-18-9/h3,5-6,8,10,16H,1-2,4,14H2,(H,15,17)(H,18,19)/t8-,10?/m0/s1. The number of nitrogens with zero attached hydrogens (tertiary/aromatic N) is 2. The van der Waals surface area contributed by atoms with E-state index in [4.69, 9.17) is 10.5 Å². The number of ether oxygens (including phenoxy) is 1. The van der Waals surface area contributed by atoms with Crippen LogP contribution in [0.2, 0.25) is 0 Å². The minimum absolute atomic E-state index is 0.230. The molecule has 1 aliphatic heterocycles. The highest BCUT2D eigenvalue weighted by atomic mass is 16.6. The molecule has 9 nitrogen and oxygen atoms in total. The lowest BCUT2D eigenvalue weighted by Gasteiger charge is -2.21. The van der Waals surface area contributed by atoms with Gasteiger partial charge in [0.25, 0.3) is 0 Å². The molecular weight excluding hydrogens is 288 g/mol. The summed E-state index contributed by atoms with van der Waals surface area (Å²) in [5, 5.41) is 3.00. The van der Waals surface area contributed by atoms with E-state index in [1.165, 1.54) is 6.33 Å². The van der Waals surface area contributed by atoms with E-state index in [1.807, 2.05) is 0 Å². The van der Waals surface area contributed by atoms with E-state index in [-0.39, 0.29) is 6.42 Å². The van der Waals surface area contributed by atoms with Crippen LogP contribution in [0, 0.1) is 0 Å². The van der Waals surface area contributed by atoms with Gasteiger partial charge in [-0.2, -0.15) is 0 Å². The van der Waals surface area contributed by atoms with Gasteiger partial charge in [-0.1, -0.05) is 0 Å². The molecule has 1 unspecified atom stereocenters. The van der Waals surface area contributed by atoms with Crippen LogP contribution in [0.1, 0.15) is 17.1 Å². The lowest BCUT2D eigenvalue weighted by molar-refractivity contribution is -0.162. The van der Waals surface area contributed by atoms with E-state index in [0.717, 1.165) is 11.4 Å². The predicted octanol–water partition coefficient (Wildman–Crippen LogP) is -1.21. The van der Waals surface area contributed by atoms with Gasteiger partial charge in [-0.25, -0.2) is 19.6 Å². The lowest BCUT2D eigenvalue weighted by atomic mass is 10.1. The molecule has 3 rings (SSSR count). The van der Waals surface area contributed by atoms with Crippen LogP contribution in [-0.2, 0) is 33.7 Å². The van der Waals surface area contributed by atoms with Gasteiger partial charge in [0.2, 0.25) is 0 Å². The van der Waals surface area contributed by atoms with Crippen molar-refractivity contribution in [3.63, 3.8) is 0 Å². The average molecular weight is 304 g/mol. The van der Waals surface area contributed by atoms with Crippen molar-refractivity contribution in [3.05, 3.63) is 35.9 Å². The maximum atomic E-state index is 12.0.